The summed E-state index contributed by atoms with van der Waals surface area (Å²) in [5.41, 5.74) is 2.97. The van der Waals surface area contributed by atoms with Crippen LogP contribution in [0.5, 0.6) is 0 Å². The fourth-order valence-corrected chi connectivity index (χ4v) is 3.84. The average Bonchev–Trinajstić information content (AvgIpc) is 2.59. The first-order chi connectivity index (χ1) is 12.0. The van der Waals surface area contributed by atoms with Crippen LogP contribution in [-0.2, 0) is 6.54 Å². The third kappa shape index (κ3) is 4.58. The van der Waals surface area contributed by atoms with Gasteiger partial charge in [0.2, 0.25) is 0 Å². The van der Waals surface area contributed by atoms with Gasteiger partial charge in [-0.25, -0.2) is 0 Å². The molecule has 2 aromatic rings. The standard InChI is InChI=1S/C19H22BrN3O2/c1-14-11-17(20)18(12-19(14)23(24)25)21-16-7-9-22(10-8-16)13-15-5-3-2-4-6-15/h2-6,11-12,16,21H,7-10,13H2,1H3. The first kappa shape index (κ1) is 17.9. The first-order valence-corrected chi connectivity index (χ1v) is 9.29. The molecule has 132 valence electrons. The molecule has 1 saturated heterocycles. The zero-order valence-corrected chi connectivity index (χ0v) is 15.8. The van der Waals surface area contributed by atoms with Crippen molar-refractivity contribution in [3.63, 3.8) is 0 Å². The number of anilines is 1. The summed E-state index contributed by atoms with van der Waals surface area (Å²) in [5, 5.41) is 14.6. The second-order valence-corrected chi connectivity index (χ2v) is 7.41. The molecule has 1 heterocycles. The Balaban J connectivity index is 1.59. The smallest absolute Gasteiger partial charge is 0.274 e. The molecule has 1 N–H and O–H groups in total. The van der Waals surface area contributed by atoms with Crippen molar-refractivity contribution in [2.24, 2.45) is 0 Å². The van der Waals surface area contributed by atoms with Crippen LogP contribution in [0.25, 0.3) is 0 Å². The second kappa shape index (κ2) is 7.97. The molecule has 0 spiro atoms. The second-order valence-electron chi connectivity index (χ2n) is 6.56. The van der Waals surface area contributed by atoms with E-state index < -0.39 is 0 Å². The Hall–Kier alpha value is -1.92. The van der Waals surface area contributed by atoms with Crippen LogP contribution >= 0.6 is 15.9 Å². The minimum Gasteiger partial charge on any atom is -0.381 e. The van der Waals surface area contributed by atoms with E-state index in [4.69, 9.17) is 0 Å². The molecule has 6 heteroatoms. The lowest BCUT2D eigenvalue weighted by molar-refractivity contribution is -0.385. The van der Waals surface area contributed by atoms with Gasteiger partial charge in [0.1, 0.15) is 0 Å². The lowest BCUT2D eigenvalue weighted by Crippen LogP contribution is -2.38. The van der Waals surface area contributed by atoms with E-state index >= 15 is 0 Å². The molecular weight excluding hydrogens is 382 g/mol. The predicted octanol–water partition coefficient (Wildman–Crippen LogP) is 4.74. The van der Waals surface area contributed by atoms with Crippen molar-refractivity contribution in [2.75, 3.05) is 18.4 Å². The maximum atomic E-state index is 11.1. The molecule has 0 bridgehead atoms. The molecule has 0 amide bonds. The van der Waals surface area contributed by atoms with Crippen molar-refractivity contribution < 1.29 is 4.92 Å². The van der Waals surface area contributed by atoms with Gasteiger partial charge in [0.25, 0.3) is 5.69 Å². The number of piperidine rings is 1. The molecule has 5 nitrogen and oxygen atoms in total. The van der Waals surface area contributed by atoms with E-state index in [-0.39, 0.29) is 10.6 Å². The number of nitro groups is 1. The molecule has 1 aliphatic heterocycles. The van der Waals surface area contributed by atoms with Crippen LogP contribution in [-0.4, -0.2) is 29.0 Å². The SMILES string of the molecule is Cc1cc(Br)c(NC2CCN(Cc3ccccc3)CC2)cc1[N+](=O)[O-]. The van der Waals surface area contributed by atoms with Crippen molar-refractivity contribution >= 4 is 27.3 Å². The van der Waals surface area contributed by atoms with Crippen LogP contribution in [0.1, 0.15) is 24.0 Å². The van der Waals surface area contributed by atoms with Gasteiger partial charge in [-0.3, -0.25) is 15.0 Å². The van der Waals surface area contributed by atoms with E-state index in [9.17, 15) is 10.1 Å². The third-order valence-electron chi connectivity index (χ3n) is 4.68. The summed E-state index contributed by atoms with van der Waals surface area (Å²) in [4.78, 5) is 13.3. The monoisotopic (exact) mass is 403 g/mol. The van der Waals surface area contributed by atoms with Gasteiger partial charge in [0.05, 0.1) is 10.6 Å². The normalized spacial score (nSPS) is 15.9. The summed E-state index contributed by atoms with van der Waals surface area (Å²) in [6.45, 7) is 4.79. The Morgan fingerprint density at radius 3 is 2.56 bits per heavy atom. The molecule has 0 saturated carbocycles. The molecule has 0 aliphatic carbocycles. The third-order valence-corrected chi connectivity index (χ3v) is 5.33. The van der Waals surface area contributed by atoms with Gasteiger partial charge in [-0.15, -0.1) is 0 Å². The van der Waals surface area contributed by atoms with Crippen molar-refractivity contribution in [3.8, 4) is 0 Å². The number of rotatable bonds is 5. The highest BCUT2D eigenvalue weighted by Gasteiger charge is 2.21. The molecule has 1 fully saturated rings. The Morgan fingerprint density at radius 2 is 1.92 bits per heavy atom. The Morgan fingerprint density at radius 1 is 1.24 bits per heavy atom. The van der Waals surface area contributed by atoms with Gasteiger partial charge in [-0.05, 0) is 47.3 Å². The van der Waals surface area contributed by atoms with E-state index in [0.717, 1.165) is 42.6 Å². The van der Waals surface area contributed by atoms with Gasteiger partial charge in [0.15, 0.2) is 0 Å². The highest BCUT2D eigenvalue weighted by atomic mass is 79.9. The quantitative estimate of drug-likeness (QED) is 0.578. The average molecular weight is 404 g/mol. The fraction of sp³-hybridized carbons (Fsp3) is 0.368. The van der Waals surface area contributed by atoms with Gasteiger partial charge in [-0.1, -0.05) is 30.3 Å². The summed E-state index contributed by atoms with van der Waals surface area (Å²) >= 11 is 3.52. The van der Waals surface area contributed by atoms with E-state index in [0.29, 0.717) is 11.6 Å². The van der Waals surface area contributed by atoms with Gasteiger partial charge in [-0.2, -0.15) is 0 Å². The lowest BCUT2D eigenvalue weighted by Gasteiger charge is -2.33. The predicted molar refractivity (Wildman–Crippen MR) is 104 cm³/mol. The Kier molecular flexibility index (Phi) is 5.71. The molecular formula is C19H22BrN3O2. The van der Waals surface area contributed by atoms with E-state index in [1.807, 2.05) is 12.1 Å². The van der Waals surface area contributed by atoms with Gasteiger partial charge in [0, 0.05) is 41.8 Å². The molecule has 0 unspecified atom stereocenters. The molecule has 2 aromatic carbocycles. The summed E-state index contributed by atoms with van der Waals surface area (Å²) < 4.78 is 0.877. The van der Waals surface area contributed by atoms with Crippen LogP contribution in [0.3, 0.4) is 0 Å². The van der Waals surface area contributed by atoms with E-state index in [1.54, 1.807) is 13.0 Å². The number of benzene rings is 2. The number of hydrogen-bond acceptors (Lipinski definition) is 4. The summed E-state index contributed by atoms with van der Waals surface area (Å²) in [7, 11) is 0. The lowest BCUT2D eigenvalue weighted by atomic mass is 10.0. The van der Waals surface area contributed by atoms with E-state index in [1.165, 1.54) is 5.56 Å². The van der Waals surface area contributed by atoms with Gasteiger partial charge >= 0.3 is 0 Å². The zero-order chi connectivity index (χ0) is 17.8. The highest BCUT2D eigenvalue weighted by molar-refractivity contribution is 9.10. The topological polar surface area (TPSA) is 58.4 Å². The number of nitrogens with one attached hydrogen (secondary N) is 1. The summed E-state index contributed by atoms with van der Waals surface area (Å²) in [6.07, 6.45) is 2.06. The molecule has 3 rings (SSSR count). The number of likely N-dealkylation sites (tertiary alicyclic amines) is 1. The maximum Gasteiger partial charge on any atom is 0.274 e. The Labute approximate surface area is 156 Å². The van der Waals surface area contributed by atoms with Crippen molar-refractivity contribution in [1.82, 2.24) is 4.90 Å². The van der Waals surface area contributed by atoms with Crippen LogP contribution in [0.4, 0.5) is 11.4 Å². The number of hydrogen-bond donors (Lipinski definition) is 1. The minimum absolute atomic E-state index is 0.159. The van der Waals surface area contributed by atoms with E-state index in [2.05, 4.69) is 50.4 Å². The van der Waals surface area contributed by atoms with Gasteiger partial charge < -0.3 is 5.32 Å². The molecule has 0 atom stereocenters. The molecule has 25 heavy (non-hydrogen) atoms. The van der Waals surface area contributed by atoms with Crippen molar-refractivity contribution in [1.29, 1.82) is 0 Å². The number of aryl methyl sites for hydroxylation is 1. The van der Waals surface area contributed by atoms with Crippen LogP contribution in [0, 0.1) is 17.0 Å². The zero-order valence-electron chi connectivity index (χ0n) is 14.2. The van der Waals surface area contributed by atoms with Crippen LogP contribution in [0.15, 0.2) is 46.9 Å². The molecule has 0 aromatic heterocycles. The number of nitro benzene ring substituents is 1. The van der Waals surface area contributed by atoms with Crippen molar-refractivity contribution in [3.05, 3.63) is 68.2 Å². The number of nitrogens with zero attached hydrogens (tertiary/aromatic N) is 2. The van der Waals surface area contributed by atoms with Crippen LogP contribution < -0.4 is 5.32 Å². The highest BCUT2D eigenvalue weighted by Crippen LogP contribution is 2.32. The number of halogens is 1. The molecule has 1 aliphatic rings. The first-order valence-electron chi connectivity index (χ1n) is 8.50. The summed E-state index contributed by atoms with van der Waals surface area (Å²) in [5.74, 6) is 0. The largest absolute Gasteiger partial charge is 0.381 e. The minimum atomic E-state index is -0.324. The van der Waals surface area contributed by atoms with Crippen LogP contribution in [0.2, 0.25) is 0 Å². The van der Waals surface area contributed by atoms with Crippen molar-refractivity contribution in [2.45, 2.75) is 32.4 Å². The Bertz CT molecular complexity index is 744. The summed E-state index contributed by atoms with van der Waals surface area (Å²) in [6, 6.07) is 14.3. The maximum absolute atomic E-state index is 11.1. The molecule has 0 radical (unpaired) electrons. The fourth-order valence-electron chi connectivity index (χ4n) is 3.27.